The van der Waals surface area contributed by atoms with E-state index < -0.39 is 5.97 Å². The van der Waals surface area contributed by atoms with Crippen molar-refractivity contribution >= 4 is 28.8 Å². The summed E-state index contributed by atoms with van der Waals surface area (Å²) in [5.41, 5.74) is 0.772. The predicted molar refractivity (Wildman–Crippen MR) is 56.3 cm³/mol. The lowest BCUT2D eigenvalue weighted by atomic mass is 9.99. The normalized spacial score (nSPS) is 15.6. The zero-order valence-electron chi connectivity index (χ0n) is 7.53. The molecule has 74 valence electrons. The van der Waals surface area contributed by atoms with Crippen LogP contribution in [0.3, 0.4) is 0 Å². The van der Waals surface area contributed by atoms with Crippen molar-refractivity contribution in [1.29, 1.82) is 0 Å². The second-order valence-corrected chi connectivity index (χ2v) is 3.46. The Labute approximate surface area is 87.1 Å². The first-order valence-corrected chi connectivity index (χ1v) is 4.69. The number of carbonyl (C=O) groups excluding carboxylic acids is 1. The van der Waals surface area contributed by atoms with Crippen LogP contribution >= 0.6 is 12.2 Å². The van der Waals surface area contributed by atoms with Crippen molar-refractivity contribution in [2.75, 3.05) is 0 Å². The largest absolute Gasteiger partial charge is 0.481 e. The molecule has 0 aromatic rings. The Balaban J connectivity index is 2.48. The highest BCUT2D eigenvalue weighted by atomic mass is 32.1. The molecule has 0 saturated carbocycles. The first kappa shape index (κ1) is 10.8. The lowest BCUT2D eigenvalue weighted by Gasteiger charge is -2.07. The van der Waals surface area contributed by atoms with Crippen LogP contribution in [0.4, 0.5) is 0 Å². The van der Waals surface area contributed by atoms with E-state index in [1.165, 1.54) is 12.2 Å². The summed E-state index contributed by atoms with van der Waals surface area (Å²) in [7, 11) is 0. The fraction of sp³-hybridized carbons (Fsp3) is 0.300. The summed E-state index contributed by atoms with van der Waals surface area (Å²) < 4.78 is 0. The molecule has 3 nitrogen and oxygen atoms in total. The maximum Gasteiger partial charge on any atom is 0.303 e. The van der Waals surface area contributed by atoms with Crippen LogP contribution in [0.5, 0.6) is 0 Å². The van der Waals surface area contributed by atoms with Gasteiger partial charge in [0.05, 0.1) is 0 Å². The summed E-state index contributed by atoms with van der Waals surface area (Å²) in [6, 6.07) is 0. The lowest BCUT2D eigenvalue weighted by Crippen LogP contribution is -2.06. The van der Waals surface area contributed by atoms with Crippen molar-refractivity contribution in [3.63, 3.8) is 0 Å². The first-order valence-electron chi connectivity index (χ1n) is 4.28. The molecule has 0 aromatic carbocycles. The highest BCUT2D eigenvalue weighted by Crippen LogP contribution is 2.14. The van der Waals surface area contributed by atoms with E-state index in [0.717, 1.165) is 5.57 Å². The number of aliphatic carboxylic acids is 1. The van der Waals surface area contributed by atoms with Crippen molar-refractivity contribution in [1.82, 2.24) is 0 Å². The number of carboxylic acids is 1. The van der Waals surface area contributed by atoms with E-state index >= 15 is 0 Å². The molecule has 4 heteroatoms. The molecule has 14 heavy (non-hydrogen) atoms. The molecule has 0 heterocycles. The molecule has 0 amide bonds. The zero-order valence-corrected chi connectivity index (χ0v) is 8.34. The number of thiocarbonyl (C=S) groups is 1. The van der Waals surface area contributed by atoms with E-state index in [9.17, 15) is 9.59 Å². The van der Waals surface area contributed by atoms with E-state index in [1.54, 1.807) is 6.08 Å². The third-order valence-corrected chi connectivity index (χ3v) is 2.27. The van der Waals surface area contributed by atoms with Crippen LogP contribution in [-0.2, 0) is 9.59 Å². The van der Waals surface area contributed by atoms with Crippen LogP contribution < -0.4 is 0 Å². The second-order valence-electron chi connectivity index (χ2n) is 3.02. The van der Waals surface area contributed by atoms with Crippen LogP contribution in [0, 0.1) is 0 Å². The van der Waals surface area contributed by atoms with Crippen LogP contribution in [0.1, 0.15) is 19.3 Å². The predicted octanol–water partition coefficient (Wildman–Crippen LogP) is 1.68. The summed E-state index contributed by atoms with van der Waals surface area (Å²) in [6.45, 7) is 0. The maximum absolute atomic E-state index is 11.0. The monoisotopic (exact) mass is 210 g/mol. The molecule has 0 fully saturated rings. The molecular formula is C10H10O3S. The van der Waals surface area contributed by atoms with E-state index in [4.69, 9.17) is 17.3 Å². The van der Waals surface area contributed by atoms with E-state index in [2.05, 4.69) is 0 Å². The summed E-state index contributed by atoms with van der Waals surface area (Å²) >= 11 is 5.00. The Morgan fingerprint density at radius 1 is 1.43 bits per heavy atom. The Morgan fingerprint density at radius 3 is 2.79 bits per heavy atom. The quantitative estimate of drug-likeness (QED) is 0.717. The van der Waals surface area contributed by atoms with Gasteiger partial charge in [-0.05, 0) is 36.6 Å². The molecule has 0 spiro atoms. The number of carboxylic acid groups (broad SMARTS) is 1. The minimum absolute atomic E-state index is 0.0797. The van der Waals surface area contributed by atoms with Gasteiger partial charge < -0.3 is 5.11 Å². The molecule has 0 saturated heterocycles. The highest BCUT2D eigenvalue weighted by Gasteiger charge is 2.09. The van der Waals surface area contributed by atoms with Gasteiger partial charge in [-0.2, -0.15) is 0 Å². The van der Waals surface area contributed by atoms with Crippen molar-refractivity contribution < 1.29 is 14.7 Å². The number of carbonyl (C=O) groups is 2. The Kier molecular flexibility index (Phi) is 3.71. The standard InChI is InChI=1S/C10H10O3S/c11-8-4-5-9(14)7(6-8)2-1-3-10(12)13/h4-6H,1-3H2,(H,12,13). The third-order valence-electron chi connectivity index (χ3n) is 1.87. The fourth-order valence-electron chi connectivity index (χ4n) is 1.18. The van der Waals surface area contributed by atoms with Gasteiger partial charge in [0.1, 0.15) is 0 Å². The van der Waals surface area contributed by atoms with Crippen molar-refractivity contribution in [3.8, 4) is 0 Å². The third kappa shape index (κ3) is 3.22. The van der Waals surface area contributed by atoms with Crippen LogP contribution in [0.2, 0.25) is 0 Å². The smallest absolute Gasteiger partial charge is 0.303 e. The molecule has 0 aromatic heterocycles. The van der Waals surface area contributed by atoms with Gasteiger partial charge in [-0.15, -0.1) is 0 Å². The van der Waals surface area contributed by atoms with Gasteiger partial charge in [-0.25, -0.2) is 0 Å². The summed E-state index contributed by atoms with van der Waals surface area (Å²) in [6.07, 6.45) is 5.67. The molecule has 0 unspecified atom stereocenters. The summed E-state index contributed by atoms with van der Waals surface area (Å²) in [5.74, 6) is -0.905. The summed E-state index contributed by atoms with van der Waals surface area (Å²) in [4.78, 5) is 21.9. The number of ketones is 1. The van der Waals surface area contributed by atoms with Gasteiger partial charge in [0, 0.05) is 11.3 Å². The first-order chi connectivity index (χ1) is 6.59. The fourth-order valence-corrected chi connectivity index (χ4v) is 1.41. The van der Waals surface area contributed by atoms with Gasteiger partial charge in [0.25, 0.3) is 0 Å². The van der Waals surface area contributed by atoms with Gasteiger partial charge in [-0.1, -0.05) is 12.2 Å². The van der Waals surface area contributed by atoms with Crippen molar-refractivity contribution in [2.24, 2.45) is 0 Å². The highest BCUT2D eigenvalue weighted by molar-refractivity contribution is 7.81. The van der Waals surface area contributed by atoms with Crippen LogP contribution in [-0.4, -0.2) is 21.7 Å². The average Bonchev–Trinajstić information content (AvgIpc) is 2.10. The zero-order chi connectivity index (χ0) is 10.6. The van der Waals surface area contributed by atoms with Crippen molar-refractivity contribution in [3.05, 3.63) is 23.8 Å². The molecule has 0 radical (unpaired) electrons. The van der Waals surface area contributed by atoms with E-state index in [1.807, 2.05) is 0 Å². The molecule has 0 atom stereocenters. The van der Waals surface area contributed by atoms with Crippen LogP contribution in [0.25, 0.3) is 0 Å². The molecular weight excluding hydrogens is 200 g/mol. The number of hydrogen-bond acceptors (Lipinski definition) is 3. The lowest BCUT2D eigenvalue weighted by molar-refractivity contribution is -0.137. The minimum atomic E-state index is -0.825. The molecule has 1 N–H and O–H groups in total. The maximum atomic E-state index is 11.0. The Morgan fingerprint density at radius 2 is 2.14 bits per heavy atom. The van der Waals surface area contributed by atoms with Crippen LogP contribution in [0.15, 0.2) is 23.8 Å². The van der Waals surface area contributed by atoms with E-state index in [-0.39, 0.29) is 12.2 Å². The topological polar surface area (TPSA) is 54.4 Å². The number of rotatable bonds is 4. The van der Waals surface area contributed by atoms with Gasteiger partial charge in [0.2, 0.25) is 0 Å². The molecule has 1 aliphatic rings. The SMILES string of the molecule is O=C1C=CC(=S)C(CCCC(=O)O)=C1. The van der Waals surface area contributed by atoms with Gasteiger partial charge in [0.15, 0.2) is 5.78 Å². The Hall–Kier alpha value is -1.29. The number of hydrogen-bond donors (Lipinski definition) is 1. The van der Waals surface area contributed by atoms with Crippen molar-refractivity contribution in [2.45, 2.75) is 19.3 Å². The van der Waals surface area contributed by atoms with Gasteiger partial charge >= 0.3 is 5.97 Å². The molecule has 0 bridgehead atoms. The second kappa shape index (κ2) is 4.81. The van der Waals surface area contributed by atoms with E-state index in [0.29, 0.717) is 17.7 Å². The van der Waals surface area contributed by atoms with Gasteiger partial charge in [-0.3, -0.25) is 9.59 Å². The minimum Gasteiger partial charge on any atom is -0.481 e. The Bertz CT molecular complexity index is 339. The molecule has 1 aliphatic carbocycles. The summed E-state index contributed by atoms with van der Waals surface area (Å²) in [5, 5.41) is 8.43. The average molecular weight is 210 g/mol. The molecule has 0 aliphatic heterocycles. The molecule has 1 rings (SSSR count). The number of allylic oxidation sites excluding steroid dienone is 4.